The lowest BCUT2D eigenvalue weighted by Gasteiger charge is -2.35. The van der Waals surface area contributed by atoms with Crippen LogP contribution in [0.1, 0.15) is 37.8 Å². The summed E-state index contributed by atoms with van der Waals surface area (Å²) < 4.78 is 18.7. The zero-order chi connectivity index (χ0) is 14.4. The molecule has 1 aliphatic rings. The maximum absolute atomic E-state index is 13.6. The van der Waals surface area contributed by atoms with Crippen molar-refractivity contribution in [3.63, 3.8) is 0 Å². The van der Waals surface area contributed by atoms with Gasteiger partial charge in [0.15, 0.2) is 11.6 Å². The summed E-state index contributed by atoms with van der Waals surface area (Å²) in [5.74, 6) is 0.0601. The van der Waals surface area contributed by atoms with Crippen molar-refractivity contribution >= 4 is 0 Å². The van der Waals surface area contributed by atoms with E-state index in [1.54, 1.807) is 0 Å². The molecule has 1 heterocycles. The van der Waals surface area contributed by atoms with E-state index in [-0.39, 0.29) is 5.82 Å². The SMILES string of the molecule is CCCC[C@@H](c1ccc(F)c(OC)c1)N1CCNCC1. The fourth-order valence-corrected chi connectivity index (χ4v) is 2.83. The zero-order valence-electron chi connectivity index (χ0n) is 12.5. The van der Waals surface area contributed by atoms with Crippen LogP contribution in [0.5, 0.6) is 5.75 Å². The third-order valence-corrected chi connectivity index (χ3v) is 3.98. The first kappa shape index (κ1) is 15.3. The van der Waals surface area contributed by atoms with E-state index in [0.29, 0.717) is 11.8 Å². The Morgan fingerprint density at radius 1 is 1.35 bits per heavy atom. The number of benzene rings is 1. The Morgan fingerprint density at radius 3 is 2.75 bits per heavy atom. The van der Waals surface area contributed by atoms with Gasteiger partial charge < -0.3 is 10.1 Å². The molecule has 4 heteroatoms. The number of rotatable bonds is 6. The number of hydrogen-bond acceptors (Lipinski definition) is 3. The summed E-state index contributed by atoms with van der Waals surface area (Å²) in [4.78, 5) is 2.50. The van der Waals surface area contributed by atoms with Crippen molar-refractivity contribution in [3.05, 3.63) is 29.6 Å². The predicted molar refractivity (Wildman–Crippen MR) is 79.7 cm³/mol. The van der Waals surface area contributed by atoms with Crippen molar-refractivity contribution in [2.45, 2.75) is 32.2 Å². The fraction of sp³-hybridized carbons (Fsp3) is 0.625. The highest BCUT2D eigenvalue weighted by atomic mass is 19.1. The Labute approximate surface area is 121 Å². The molecule has 0 aromatic heterocycles. The summed E-state index contributed by atoms with van der Waals surface area (Å²) in [7, 11) is 1.52. The van der Waals surface area contributed by atoms with Crippen molar-refractivity contribution in [2.75, 3.05) is 33.3 Å². The molecule has 1 aromatic rings. The molecule has 1 N–H and O–H groups in total. The minimum atomic E-state index is -0.286. The van der Waals surface area contributed by atoms with E-state index in [1.807, 2.05) is 12.1 Å². The van der Waals surface area contributed by atoms with Crippen LogP contribution in [-0.2, 0) is 0 Å². The summed E-state index contributed by atoms with van der Waals surface area (Å²) >= 11 is 0. The monoisotopic (exact) mass is 280 g/mol. The van der Waals surface area contributed by atoms with Crippen LogP contribution < -0.4 is 10.1 Å². The van der Waals surface area contributed by atoms with E-state index < -0.39 is 0 Å². The number of ether oxygens (including phenoxy) is 1. The maximum atomic E-state index is 13.6. The molecular weight excluding hydrogens is 255 g/mol. The van der Waals surface area contributed by atoms with E-state index >= 15 is 0 Å². The van der Waals surface area contributed by atoms with E-state index in [0.717, 1.165) is 32.6 Å². The number of nitrogens with one attached hydrogen (secondary N) is 1. The summed E-state index contributed by atoms with van der Waals surface area (Å²) in [6.45, 7) is 6.37. The fourth-order valence-electron chi connectivity index (χ4n) is 2.83. The molecule has 0 aliphatic carbocycles. The lowest BCUT2D eigenvalue weighted by Crippen LogP contribution is -2.45. The molecule has 0 unspecified atom stereocenters. The summed E-state index contributed by atoms with van der Waals surface area (Å²) in [6.07, 6.45) is 3.49. The van der Waals surface area contributed by atoms with Crippen molar-refractivity contribution in [1.29, 1.82) is 0 Å². The zero-order valence-corrected chi connectivity index (χ0v) is 12.5. The third kappa shape index (κ3) is 3.70. The van der Waals surface area contributed by atoms with Gasteiger partial charge in [0.25, 0.3) is 0 Å². The van der Waals surface area contributed by atoms with Crippen molar-refractivity contribution in [1.82, 2.24) is 10.2 Å². The molecule has 0 bridgehead atoms. The van der Waals surface area contributed by atoms with Gasteiger partial charge in [-0.05, 0) is 24.1 Å². The number of piperazine rings is 1. The van der Waals surface area contributed by atoms with E-state index in [4.69, 9.17) is 4.74 Å². The highest BCUT2D eigenvalue weighted by Crippen LogP contribution is 2.30. The lowest BCUT2D eigenvalue weighted by molar-refractivity contribution is 0.163. The van der Waals surface area contributed by atoms with Crippen LogP contribution in [0.25, 0.3) is 0 Å². The average Bonchev–Trinajstić information content (AvgIpc) is 2.50. The summed E-state index contributed by atoms with van der Waals surface area (Å²) in [6, 6.07) is 5.65. The largest absolute Gasteiger partial charge is 0.494 e. The molecule has 0 saturated carbocycles. The number of halogens is 1. The molecule has 1 fully saturated rings. The Kier molecular flexibility index (Phi) is 5.80. The average molecular weight is 280 g/mol. The van der Waals surface area contributed by atoms with Gasteiger partial charge in [0.05, 0.1) is 7.11 Å². The quantitative estimate of drug-likeness (QED) is 0.867. The molecular formula is C16H25FN2O. The molecule has 112 valence electrons. The molecule has 1 aliphatic heterocycles. The molecule has 20 heavy (non-hydrogen) atoms. The van der Waals surface area contributed by atoms with Gasteiger partial charge in [-0.1, -0.05) is 25.8 Å². The van der Waals surface area contributed by atoms with Crippen LogP contribution in [0.15, 0.2) is 18.2 Å². The molecule has 2 rings (SSSR count). The van der Waals surface area contributed by atoms with Gasteiger partial charge in [-0.3, -0.25) is 4.90 Å². The van der Waals surface area contributed by atoms with Crippen LogP contribution in [0.4, 0.5) is 4.39 Å². The first-order valence-corrected chi connectivity index (χ1v) is 7.54. The van der Waals surface area contributed by atoms with Gasteiger partial charge >= 0.3 is 0 Å². The highest BCUT2D eigenvalue weighted by molar-refractivity contribution is 5.32. The second-order valence-electron chi connectivity index (χ2n) is 5.34. The van der Waals surface area contributed by atoms with Crippen LogP contribution >= 0.6 is 0 Å². The summed E-state index contributed by atoms with van der Waals surface area (Å²) in [5, 5.41) is 3.38. The second kappa shape index (κ2) is 7.60. The Balaban J connectivity index is 2.20. The van der Waals surface area contributed by atoms with Crippen molar-refractivity contribution < 1.29 is 9.13 Å². The lowest BCUT2D eigenvalue weighted by atomic mass is 9.98. The highest BCUT2D eigenvalue weighted by Gasteiger charge is 2.22. The number of nitrogens with zero attached hydrogens (tertiary/aromatic N) is 1. The predicted octanol–water partition coefficient (Wildman–Crippen LogP) is 2.97. The van der Waals surface area contributed by atoms with E-state index in [1.165, 1.54) is 31.6 Å². The van der Waals surface area contributed by atoms with Gasteiger partial charge in [0, 0.05) is 32.2 Å². The first-order valence-electron chi connectivity index (χ1n) is 7.54. The van der Waals surface area contributed by atoms with Gasteiger partial charge in [0.1, 0.15) is 0 Å². The van der Waals surface area contributed by atoms with Gasteiger partial charge in [-0.15, -0.1) is 0 Å². The molecule has 0 amide bonds. The van der Waals surface area contributed by atoms with Gasteiger partial charge in [-0.25, -0.2) is 4.39 Å². The Bertz CT molecular complexity index is 419. The van der Waals surface area contributed by atoms with E-state index in [2.05, 4.69) is 17.1 Å². The molecule has 0 spiro atoms. The third-order valence-electron chi connectivity index (χ3n) is 3.98. The Hall–Kier alpha value is -1.13. The Morgan fingerprint density at radius 2 is 2.10 bits per heavy atom. The van der Waals surface area contributed by atoms with Crippen LogP contribution in [0.2, 0.25) is 0 Å². The second-order valence-corrected chi connectivity index (χ2v) is 5.34. The topological polar surface area (TPSA) is 24.5 Å². The number of hydrogen-bond donors (Lipinski definition) is 1. The molecule has 1 saturated heterocycles. The molecule has 1 aromatic carbocycles. The van der Waals surface area contributed by atoms with Crippen LogP contribution in [0.3, 0.4) is 0 Å². The summed E-state index contributed by atoms with van der Waals surface area (Å²) in [5.41, 5.74) is 1.17. The van der Waals surface area contributed by atoms with Crippen LogP contribution in [0, 0.1) is 5.82 Å². The maximum Gasteiger partial charge on any atom is 0.165 e. The molecule has 1 atom stereocenters. The normalized spacial score (nSPS) is 17.9. The molecule has 0 radical (unpaired) electrons. The standard InChI is InChI=1S/C16H25FN2O/c1-3-4-5-15(19-10-8-18-9-11-19)13-6-7-14(17)16(12-13)20-2/h6-7,12,15,18H,3-5,8-11H2,1-2H3/t15-/m0/s1. The minimum absolute atomic E-state index is 0.286. The van der Waals surface area contributed by atoms with Gasteiger partial charge in [-0.2, -0.15) is 0 Å². The van der Waals surface area contributed by atoms with Crippen molar-refractivity contribution in [3.8, 4) is 5.75 Å². The van der Waals surface area contributed by atoms with E-state index in [9.17, 15) is 4.39 Å². The first-order chi connectivity index (χ1) is 9.76. The molecule has 3 nitrogen and oxygen atoms in total. The number of unbranched alkanes of at least 4 members (excludes halogenated alkanes) is 1. The van der Waals surface area contributed by atoms with Crippen LogP contribution in [-0.4, -0.2) is 38.2 Å². The smallest absolute Gasteiger partial charge is 0.165 e. The van der Waals surface area contributed by atoms with Crippen molar-refractivity contribution in [2.24, 2.45) is 0 Å². The minimum Gasteiger partial charge on any atom is -0.494 e. The number of methoxy groups -OCH3 is 1. The van der Waals surface area contributed by atoms with Gasteiger partial charge in [0.2, 0.25) is 0 Å².